The Kier molecular flexibility index (Phi) is 6.12. The first-order valence-electron chi connectivity index (χ1n) is 8.11. The highest BCUT2D eigenvalue weighted by Gasteiger charge is 2.40. The second-order valence-electron chi connectivity index (χ2n) is 6.56. The zero-order valence-electron chi connectivity index (χ0n) is 13.5. The summed E-state index contributed by atoms with van der Waals surface area (Å²) >= 11 is 5.88. The molecule has 24 heavy (non-hydrogen) atoms. The highest BCUT2D eigenvalue weighted by molar-refractivity contribution is 6.30. The van der Waals surface area contributed by atoms with Gasteiger partial charge in [0.15, 0.2) is 0 Å². The molecule has 2 amide bonds. The van der Waals surface area contributed by atoms with E-state index in [9.17, 15) is 9.59 Å². The number of anilines is 1. The average Bonchev–Trinajstić information content (AvgIpc) is 3.16. The maximum atomic E-state index is 12.6. The summed E-state index contributed by atoms with van der Waals surface area (Å²) in [5.74, 6) is -0.398. The van der Waals surface area contributed by atoms with Gasteiger partial charge >= 0.3 is 0 Å². The molecule has 1 aromatic carbocycles. The van der Waals surface area contributed by atoms with Gasteiger partial charge in [0.2, 0.25) is 11.8 Å². The largest absolute Gasteiger partial charge is 0.349 e. The van der Waals surface area contributed by atoms with E-state index in [2.05, 4.69) is 5.32 Å². The van der Waals surface area contributed by atoms with Crippen LogP contribution in [0.2, 0.25) is 5.02 Å². The highest BCUT2D eigenvalue weighted by Crippen LogP contribution is 2.31. The van der Waals surface area contributed by atoms with Gasteiger partial charge in [-0.25, -0.2) is 0 Å². The monoisotopic (exact) mass is 371 g/mol. The maximum Gasteiger partial charge on any atom is 0.227 e. The SMILES string of the molecule is Cl.NCC1(NC(=O)C2CC(=O)N(c3ccc(Cl)cc3)C2)CCCC1. The lowest BCUT2D eigenvalue weighted by atomic mass is 9.96. The lowest BCUT2D eigenvalue weighted by molar-refractivity contribution is -0.127. The van der Waals surface area contributed by atoms with E-state index < -0.39 is 0 Å². The van der Waals surface area contributed by atoms with Crippen molar-refractivity contribution in [3.63, 3.8) is 0 Å². The van der Waals surface area contributed by atoms with E-state index in [0.717, 1.165) is 31.4 Å². The van der Waals surface area contributed by atoms with Gasteiger partial charge in [0, 0.05) is 30.2 Å². The normalized spacial score (nSPS) is 22.3. The zero-order chi connectivity index (χ0) is 16.4. The highest BCUT2D eigenvalue weighted by atomic mass is 35.5. The van der Waals surface area contributed by atoms with Crippen LogP contribution in [0.4, 0.5) is 5.69 Å². The minimum Gasteiger partial charge on any atom is -0.349 e. The first-order valence-corrected chi connectivity index (χ1v) is 8.49. The van der Waals surface area contributed by atoms with Gasteiger partial charge in [-0.1, -0.05) is 24.4 Å². The molecule has 1 aromatic rings. The van der Waals surface area contributed by atoms with Crippen LogP contribution < -0.4 is 16.0 Å². The van der Waals surface area contributed by atoms with Crippen molar-refractivity contribution in [2.45, 2.75) is 37.6 Å². The van der Waals surface area contributed by atoms with E-state index in [1.165, 1.54) is 0 Å². The van der Waals surface area contributed by atoms with E-state index in [0.29, 0.717) is 18.1 Å². The summed E-state index contributed by atoms with van der Waals surface area (Å²) < 4.78 is 0. The number of hydrogen-bond acceptors (Lipinski definition) is 3. The lowest BCUT2D eigenvalue weighted by Gasteiger charge is -2.30. The Morgan fingerprint density at radius 3 is 2.50 bits per heavy atom. The molecule has 1 aliphatic carbocycles. The Balaban J connectivity index is 0.00000208. The number of hydrogen-bond donors (Lipinski definition) is 2. The smallest absolute Gasteiger partial charge is 0.227 e. The number of amides is 2. The molecule has 1 aliphatic heterocycles. The molecule has 0 bridgehead atoms. The first-order chi connectivity index (χ1) is 11.0. The fraction of sp³-hybridized carbons (Fsp3) is 0.529. The minimum atomic E-state index is -0.317. The molecule has 1 saturated carbocycles. The molecule has 1 atom stereocenters. The fourth-order valence-corrected chi connectivity index (χ4v) is 3.68. The van der Waals surface area contributed by atoms with Gasteiger partial charge in [-0.15, -0.1) is 12.4 Å². The van der Waals surface area contributed by atoms with Crippen LogP contribution in [0.15, 0.2) is 24.3 Å². The Bertz CT molecular complexity index is 600. The Hall–Kier alpha value is -1.30. The second kappa shape index (κ2) is 7.72. The minimum absolute atomic E-state index is 0. The quantitative estimate of drug-likeness (QED) is 0.853. The topological polar surface area (TPSA) is 75.4 Å². The third-order valence-electron chi connectivity index (χ3n) is 4.97. The van der Waals surface area contributed by atoms with Crippen LogP contribution in [-0.2, 0) is 9.59 Å². The molecule has 3 rings (SSSR count). The summed E-state index contributed by atoms with van der Waals surface area (Å²) in [5, 5.41) is 3.75. The Morgan fingerprint density at radius 2 is 1.92 bits per heavy atom. The van der Waals surface area contributed by atoms with Crippen molar-refractivity contribution in [2.24, 2.45) is 11.7 Å². The molecule has 0 aromatic heterocycles. The van der Waals surface area contributed by atoms with Gasteiger partial charge in [-0.3, -0.25) is 9.59 Å². The summed E-state index contributed by atoms with van der Waals surface area (Å²) in [6.07, 6.45) is 4.29. The third kappa shape index (κ3) is 3.85. The fourth-order valence-electron chi connectivity index (χ4n) is 3.55. The van der Waals surface area contributed by atoms with Crippen molar-refractivity contribution >= 4 is 41.5 Å². The van der Waals surface area contributed by atoms with Crippen LogP contribution in [0.3, 0.4) is 0 Å². The summed E-state index contributed by atoms with van der Waals surface area (Å²) in [6.45, 7) is 0.868. The first kappa shape index (κ1) is 19.0. The standard InChI is InChI=1S/C17H22ClN3O2.ClH/c18-13-3-5-14(6-4-13)21-10-12(9-15(21)22)16(23)20-17(11-19)7-1-2-8-17;/h3-6,12H,1-2,7-11,19H2,(H,20,23);1H. The predicted octanol–water partition coefficient (Wildman–Crippen LogP) is 2.50. The molecule has 132 valence electrons. The number of nitrogens with one attached hydrogen (secondary N) is 1. The number of nitrogens with zero attached hydrogens (tertiary/aromatic N) is 1. The van der Waals surface area contributed by atoms with Crippen molar-refractivity contribution in [2.75, 3.05) is 18.0 Å². The average molecular weight is 372 g/mol. The molecular weight excluding hydrogens is 349 g/mol. The van der Waals surface area contributed by atoms with Gasteiger partial charge in [0.05, 0.1) is 11.5 Å². The van der Waals surface area contributed by atoms with Crippen molar-refractivity contribution in [3.05, 3.63) is 29.3 Å². The van der Waals surface area contributed by atoms with E-state index in [4.69, 9.17) is 17.3 Å². The van der Waals surface area contributed by atoms with Crippen LogP contribution in [0, 0.1) is 5.92 Å². The van der Waals surface area contributed by atoms with Gasteiger partial charge < -0.3 is 16.0 Å². The van der Waals surface area contributed by atoms with Crippen molar-refractivity contribution < 1.29 is 9.59 Å². The lowest BCUT2D eigenvalue weighted by Crippen LogP contribution is -2.53. The predicted molar refractivity (Wildman–Crippen MR) is 97.6 cm³/mol. The summed E-state index contributed by atoms with van der Waals surface area (Å²) in [7, 11) is 0. The number of benzene rings is 1. The van der Waals surface area contributed by atoms with Gasteiger partial charge in [-0.2, -0.15) is 0 Å². The van der Waals surface area contributed by atoms with Gasteiger partial charge in [-0.05, 0) is 37.1 Å². The van der Waals surface area contributed by atoms with E-state index >= 15 is 0 Å². The molecule has 1 heterocycles. The molecule has 0 radical (unpaired) electrons. The molecule has 5 nitrogen and oxygen atoms in total. The third-order valence-corrected chi connectivity index (χ3v) is 5.23. The molecule has 2 aliphatic rings. The number of halogens is 2. The Morgan fingerprint density at radius 1 is 1.29 bits per heavy atom. The molecule has 3 N–H and O–H groups in total. The number of rotatable bonds is 4. The molecule has 7 heteroatoms. The molecule has 1 unspecified atom stereocenters. The van der Waals surface area contributed by atoms with Crippen LogP contribution >= 0.6 is 24.0 Å². The van der Waals surface area contributed by atoms with Crippen LogP contribution in [-0.4, -0.2) is 30.4 Å². The molecular formula is C17H23Cl2N3O2. The number of nitrogens with two attached hydrogens (primary N) is 1. The van der Waals surface area contributed by atoms with E-state index in [1.807, 2.05) is 0 Å². The van der Waals surface area contributed by atoms with Crippen molar-refractivity contribution in [1.82, 2.24) is 5.32 Å². The van der Waals surface area contributed by atoms with Gasteiger partial charge in [0.1, 0.15) is 0 Å². The second-order valence-corrected chi connectivity index (χ2v) is 7.00. The van der Waals surface area contributed by atoms with Crippen LogP contribution in [0.25, 0.3) is 0 Å². The maximum absolute atomic E-state index is 12.6. The van der Waals surface area contributed by atoms with Crippen LogP contribution in [0.5, 0.6) is 0 Å². The molecule has 2 fully saturated rings. The van der Waals surface area contributed by atoms with Crippen molar-refractivity contribution in [1.29, 1.82) is 0 Å². The van der Waals surface area contributed by atoms with Crippen LogP contribution in [0.1, 0.15) is 32.1 Å². The molecule has 0 spiro atoms. The summed E-state index contributed by atoms with van der Waals surface area (Å²) in [6, 6.07) is 7.11. The van der Waals surface area contributed by atoms with Gasteiger partial charge in [0.25, 0.3) is 0 Å². The summed E-state index contributed by atoms with van der Waals surface area (Å²) in [5.41, 5.74) is 6.38. The number of carbonyl (C=O) groups excluding carboxylic acids is 2. The molecule has 1 saturated heterocycles. The van der Waals surface area contributed by atoms with E-state index in [-0.39, 0.29) is 42.1 Å². The Labute approximate surface area is 153 Å². The van der Waals surface area contributed by atoms with E-state index in [1.54, 1.807) is 29.2 Å². The zero-order valence-corrected chi connectivity index (χ0v) is 15.0. The number of carbonyl (C=O) groups is 2. The summed E-state index contributed by atoms with van der Waals surface area (Å²) in [4.78, 5) is 26.5. The van der Waals surface area contributed by atoms with Crippen molar-refractivity contribution in [3.8, 4) is 0 Å².